The Labute approximate surface area is 190 Å². The molecule has 32 heavy (non-hydrogen) atoms. The lowest BCUT2D eigenvalue weighted by atomic mass is 10.1. The van der Waals surface area contributed by atoms with Crippen LogP contribution in [0.1, 0.15) is 32.0 Å². The van der Waals surface area contributed by atoms with Crippen molar-refractivity contribution in [1.29, 1.82) is 0 Å². The topological polar surface area (TPSA) is 91.7 Å². The Kier molecular flexibility index (Phi) is 6.32. The molecule has 0 spiro atoms. The highest BCUT2D eigenvalue weighted by Gasteiger charge is 2.35. The highest BCUT2D eigenvalue weighted by Crippen LogP contribution is 2.25. The van der Waals surface area contributed by atoms with Gasteiger partial charge in [0.05, 0.1) is 12.1 Å². The molecule has 1 unspecified atom stereocenters. The van der Waals surface area contributed by atoms with Crippen LogP contribution in [0.4, 0.5) is 11.4 Å². The number of carbonyl (C=O) groups excluding carboxylic acids is 3. The van der Waals surface area contributed by atoms with Crippen molar-refractivity contribution in [1.82, 2.24) is 4.90 Å². The average molecular weight is 450 g/mol. The molecule has 2 aromatic carbocycles. The summed E-state index contributed by atoms with van der Waals surface area (Å²) in [4.78, 5) is 39.6. The summed E-state index contributed by atoms with van der Waals surface area (Å²) >= 11 is 1.54. The summed E-state index contributed by atoms with van der Waals surface area (Å²) < 4.78 is 5.07. The highest BCUT2D eigenvalue weighted by molar-refractivity contribution is 7.99. The van der Waals surface area contributed by atoms with Gasteiger partial charge in [-0.05, 0) is 73.5 Å². The Bertz CT molecular complexity index is 1140. The smallest absolute Gasteiger partial charge is 0.291 e. The Morgan fingerprint density at radius 1 is 0.969 bits per heavy atom. The number of benzene rings is 2. The van der Waals surface area contributed by atoms with Gasteiger partial charge in [-0.25, -0.2) is 0 Å². The number of nitrogens with one attached hydrogen (secondary N) is 2. The Hall–Kier alpha value is -3.52. The normalized spacial score (nSPS) is 15.4. The summed E-state index contributed by atoms with van der Waals surface area (Å²) in [5, 5.41) is 5.65. The lowest BCUT2D eigenvalue weighted by Gasteiger charge is -2.23. The second kappa shape index (κ2) is 9.32. The average Bonchev–Trinajstić information content (AvgIpc) is 3.49. The minimum atomic E-state index is -0.549. The zero-order valence-corrected chi connectivity index (χ0v) is 18.6. The van der Waals surface area contributed by atoms with Crippen LogP contribution in [0.5, 0.6) is 0 Å². The van der Waals surface area contributed by atoms with E-state index < -0.39 is 6.04 Å². The number of furan rings is 1. The van der Waals surface area contributed by atoms with Crippen LogP contribution >= 0.6 is 11.8 Å². The van der Waals surface area contributed by atoms with Gasteiger partial charge in [-0.15, -0.1) is 11.8 Å². The standard InChI is InChI=1S/C24H23N3O4S/c1-15-5-8-19(12-16(15)2)26-22(28)20-13-32-14-27(20)24(30)17-6-9-18(10-7-17)25-23(29)21-4-3-11-31-21/h3-12,20H,13-14H2,1-2H3,(H,25,29)(H,26,28). The number of hydrogen-bond donors (Lipinski definition) is 2. The Balaban J connectivity index is 1.41. The quantitative estimate of drug-likeness (QED) is 0.606. The first-order valence-electron chi connectivity index (χ1n) is 10.1. The van der Waals surface area contributed by atoms with E-state index in [9.17, 15) is 14.4 Å². The molecule has 1 saturated heterocycles. The first kappa shape index (κ1) is 21.7. The van der Waals surface area contributed by atoms with Gasteiger partial charge < -0.3 is 20.0 Å². The number of nitrogens with zero attached hydrogens (tertiary/aromatic N) is 1. The minimum absolute atomic E-state index is 0.200. The van der Waals surface area contributed by atoms with Gasteiger partial charge in [-0.1, -0.05) is 6.07 Å². The van der Waals surface area contributed by atoms with Crippen LogP contribution < -0.4 is 10.6 Å². The Morgan fingerprint density at radius 2 is 1.72 bits per heavy atom. The fourth-order valence-electron chi connectivity index (χ4n) is 3.37. The molecule has 1 aliphatic rings. The third-order valence-electron chi connectivity index (χ3n) is 5.35. The van der Waals surface area contributed by atoms with Crippen molar-refractivity contribution in [3.05, 3.63) is 83.3 Å². The van der Waals surface area contributed by atoms with Crippen LogP contribution in [0.3, 0.4) is 0 Å². The second-order valence-corrected chi connectivity index (χ2v) is 8.59. The van der Waals surface area contributed by atoms with Crippen molar-refractivity contribution in [2.24, 2.45) is 0 Å². The summed E-state index contributed by atoms with van der Waals surface area (Å²) in [6.07, 6.45) is 1.43. The van der Waals surface area contributed by atoms with Crippen molar-refractivity contribution in [3.63, 3.8) is 0 Å². The van der Waals surface area contributed by atoms with E-state index in [4.69, 9.17) is 4.42 Å². The minimum Gasteiger partial charge on any atom is -0.459 e. The zero-order chi connectivity index (χ0) is 22.7. The summed E-state index contributed by atoms with van der Waals surface area (Å²) in [5.74, 6) is 0.401. The summed E-state index contributed by atoms with van der Waals surface area (Å²) in [6, 6.07) is 15.0. The molecule has 164 valence electrons. The summed E-state index contributed by atoms with van der Waals surface area (Å²) in [6.45, 7) is 4.01. The van der Waals surface area contributed by atoms with Crippen LogP contribution in [0.15, 0.2) is 65.3 Å². The lowest BCUT2D eigenvalue weighted by Crippen LogP contribution is -2.44. The van der Waals surface area contributed by atoms with E-state index in [0.29, 0.717) is 22.9 Å². The van der Waals surface area contributed by atoms with Crippen LogP contribution in [0.2, 0.25) is 0 Å². The number of carbonyl (C=O) groups is 3. The van der Waals surface area contributed by atoms with Crippen LogP contribution in [-0.4, -0.2) is 40.3 Å². The third kappa shape index (κ3) is 4.70. The molecule has 8 heteroatoms. The molecule has 0 aliphatic carbocycles. The lowest BCUT2D eigenvalue weighted by molar-refractivity contribution is -0.119. The molecule has 0 bridgehead atoms. The fraction of sp³-hybridized carbons (Fsp3) is 0.208. The van der Waals surface area contributed by atoms with E-state index in [1.807, 2.05) is 32.0 Å². The molecule has 3 amide bonds. The van der Waals surface area contributed by atoms with Crippen LogP contribution in [0, 0.1) is 13.8 Å². The number of hydrogen-bond acceptors (Lipinski definition) is 5. The van der Waals surface area contributed by atoms with Gasteiger partial charge in [0.1, 0.15) is 6.04 Å². The van der Waals surface area contributed by atoms with Gasteiger partial charge in [-0.3, -0.25) is 14.4 Å². The molecule has 4 rings (SSSR count). The van der Waals surface area contributed by atoms with Crippen LogP contribution in [-0.2, 0) is 4.79 Å². The number of aryl methyl sites for hydroxylation is 2. The van der Waals surface area contributed by atoms with E-state index >= 15 is 0 Å². The maximum absolute atomic E-state index is 13.1. The predicted octanol–water partition coefficient (Wildman–Crippen LogP) is 4.30. The molecule has 0 radical (unpaired) electrons. The SMILES string of the molecule is Cc1ccc(NC(=O)C2CSCN2C(=O)c2ccc(NC(=O)c3ccco3)cc2)cc1C. The molecule has 1 atom stereocenters. The third-order valence-corrected chi connectivity index (χ3v) is 6.37. The molecule has 7 nitrogen and oxygen atoms in total. The molecule has 3 aromatic rings. The van der Waals surface area contributed by atoms with E-state index in [0.717, 1.165) is 16.8 Å². The first-order valence-corrected chi connectivity index (χ1v) is 11.3. The van der Waals surface area contributed by atoms with Crippen molar-refractivity contribution in [2.45, 2.75) is 19.9 Å². The van der Waals surface area contributed by atoms with Crippen molar-refractivity contribution in [3.8, 4) is 0 Å². The highest BCUT2D eigenvalue weighted by atomic mass is 32.2. The largest absolute Gasteiger partial charge is 0.459 e. The van der Waals surface area contributed by atoms with E-state index in [-0.39, 0.29) is 23.5 Å². The molecular weight excluding hydrogens is 426 g/mol. The number of amides is 3. The first-order chi connectivity index (χ1) is 15.4. The molecular formula is C24H23N3O4S. The van der Waals surface area contributed by atoms with Gasteiger partial charge in [0.25, 0.3) is 11.8 Å². The zero-order valence-electron chi connectivity index (χ0n) is 17.8. The van der Waals surface area contributed by atoms with Crippen LogP contribution in [0.25, 0.3) is 0 Å². The molecule has 1 aliphatic heterocycles. The van der Waals surface area contributed by atoms with Crippen molar-refractivity contribution < 1.29 is 18.8 Å². The number of anilines is 2. The van der Waals surface area contributed by atoms with Gasteiger partial charge >= 0.3 is 0 Å². The maximum atomic E-state index is 13.1. The second-order valence-electron chi connectivity index (χ2n) is 7.59. The molecule has 1 aromatic heterocycles. The van der Waals surface area contributed by atoms with E-state index in [1.54, 1.807) is 53.1 Å². The molecule has 2 heterocycles. The molecule has 2 N–H and O–H groups in total. The molecule has 1 fully saturated rings. The number of thioether (sulfide) groups is 1. The van der Waals surface area contributed by atoms with Gasteiger partial charge in [0.2, 0.25) is 5.91 Å². The van der Waals surface area contributed by atoms with E-state index in [1.165, 1.54) is 6.26 Å². The monoisotopic (exact) mass is 449 g/mol. The summed E-state index contributed by atoms with van der Waals surface area (Å²) in [5.41, 5.74) is 3.96. The van der Waals surface area contributed by atoms with Gasteiger partial charge in [-0.2, -0.15) is 0 Å². The van der Waals surface area contributed by atoms with Gasteiger partial charge in [0, 0.05) is 22.7 Å². The maximum Gasteiger partial charge on any atom is 0.291 e. The fourth-order valence-corrected chi connectivity index (χ4v) is 4.52. The Morgan fingerprint density at radius 3 is 2.41 bits per heavy atom. The van der Waals surface area contributed by atoms with E-state index in [2.05, 4.69) is 10.6 Å². The van der Waals surface area contributed by atoms with Crippen molar-refractivity contribution in [2.75, 3.05) is 22.3 Å². The molecule has 0 saturated carbocycles. The van der Waals surface area contributed by atoms with Crippen molar-refractivity contribution >= 4 is 40.9 Å². The van der Waals surface area contributed by atoms with Gasteiger partial charge in [0.15, 0.2) is 5.76 Å². The number of rotatable bonds is 5. The predicted molar refractivity (Wildman–Crippen MR) is 125 cm³/mol. The summed E-state index contributed by atoms with van der Waals surface area (Å²) in [7, 11) is 0.